The summed E-state index contributed by atoms with van der Waals surface area (Å²) in [7, 11) is 0. The predicted molar refractivity (Wildman–Crippen MR) is 158 cm³/mol. The molecule has 1 aromatic carbocycles. The summed E-state index contributed by atoms with van der Waals surface area (Å²) in [5.41, 5.74) is 0.954. The minimum absolute atomic E-state index is 0.0103. The normalized spacial score (nSPS) is 20.2. The number of nitrogens with zero attached hydrogens (tertiary/aromatic N) is 2. The first-order chi connectivity index (χ1) is 19.6. The molecular weight excluding hydrogens is 546 g/mol. The third-order valence-corrected chi connectivity index (χ3v) is 8.49. The van der Waals surface area contributed by atoms with Crippen molar-refractivity contribution in [3.63, 3.8) is 0 Å². The monoisotopic (exact) mass is 587 g/mol. The van der Waals surface area contributed by atoms with Gasteiger partial charge in [-0.1, -0.05) is 30.3 Å². The summed E-state index contributed by atoms with van der Waals surface area (Å²) < 4.78 is 5.53. The third kappa shape index (κ3) is 9.58. The van der Waals surface area contributed by atoms with Gasteiger partial charge in [0.1, 0.15) is 17.2 Å². The van der Waals surface area contributed by atoms with Crippen molar-refractivity contribution in [1.82, 2.24) is 15.5 Å². The maximum absolute atomic E-state index is 13.0. The highest BCUT2D eigenvalue weighted by Gasteiger charge is 2.42. The van der Waals surface area contributed by atoms with Crippen LogP contribution in [0.15, 0.2) is 29.3 Å². The molecule has 41 heavy (non-hydrogen) atoms. The predicted octanol–water partition coefficient (Wildman–Crippen LogP) is 3.56. The van der Waals surface area contributed by atoms with Crippen molar-refractivity contribution in [2.45, 2.75) is 95.6 Å². The molecule has 1 aliphatic carbocycles. The fourth-order valence-corrected chi connectivity index (χ4v) is 6.32. The Morgan fingerprint density at radius 3 is 2.34 bits per heavy atom. The summed E-state index contributed by atoms with van der Waals surface area (Å²) in [6.45, 7) is 6.28. The molecule has 3 rings (SSSR count). The van der Waals surface area contributed by atoms with Crippen LogP contribution in [-0.4, -0.2) is 81.3 Å². The number of aliphatic imine (C=N–C) groups is 1. The van der Waals surface area contributed by atoms with E-state index in [0.717, 1.165) is 25.7 Å². The molecule has 12 heteroatoms. The number of amides is 2. The van der Waals surface area contributed by atoms with Crippen LogP contribution >= 0.6 is 11.8 Å². The van der Waals surface area contributed by atoms with Crippen molar-refractivity contribution in [3.05, 3.63) is 35.4 Å². The van der Waals surface area contributed by atoms with Gasteiger partial charge in [0.15, 0.2) is 5.17 Å². The Morgan fingerprint density at radius 2 is 1.71 bits per heavy atom. The minimum Gasteiger partial charge on any atom is -0.481 e. The summed E-state index contributed by atoms with van der Waals surface area (Å²) in [5.74, 6) is -1.73. The van der Waals surface area contributed by atoms with Gasteiger partial charge in [0.25, 0.3) is 5.91 Å². The van der Waals surface area contributed by atoms with Crippen LogP contribution in [0.3, 0.4) is 0 Å². The van der Waals surface area contributed by atoms with Crippen LogP contribution in [0.5, 0.6) is 0 Å². The van der Waals surface area contributed by atoms with Crippen molar-refractivity contribution in [3.8, 4) is 0 Å². The van der Waals surface area contributed by atoms with Gasteiger partial charge in [0.2, 0.25) is 5.91 Å². The number of thioether (sulfide) groups is 1. The molecule has 2 aliphatic rings. The van der Waals surface area contributed by atoms with Gasteiger partial charge in [-0.15, -0.1) is 0 Å². The quantitative estimate of drug-likeness (QED) is 0.124. The van der Waals surface area contributed by atoms with Gasteiger partial charge >= 0.3 is 11.9 Å². The molecule has 224 valence electrons. The SMILES string of the molecule is CC(C)N1C(=NC(=O)c2ccc(C(=N)NCCCC(=O)OC3CCCCC3)cc2)SC(C(=O)NCCC(=O)O)C1C. The van der Waals surface area contributed by atoms with Gasteiger partial charge in [0.05, 0.1) is 6.42 Å². The van der Waals surface area contributed by atoms with E-state index in [1.807, 2.05) is 25.7 Å². The highest BCUT2D eigenvalue weighted by molar-refractivity contribution is 8.15. The van der Waals surface area contributed by atoms with Crippen LogP contribution in [-0.2, 0) is 19.1 Å². The van der Waals surface area contributed by atoms with E-state index in [4.69, 9.17) is 15.3 Å². The fourth-order valence-electron chi connectivity index (χ4n) is 4.94. The number of esters is 1. The summed E-state index contributed by atoms with van der Waals surface area (Å²) in [6.07, 6.45) is 6.07. The van der Waals surface area contributed by atoms with Crippen molar-refractivity contribution in [2.75, 3.05) is 13.1 Å². The van der Waals surface area contributed by atoms with Crippen LogP contribution in [0.2, 0.25) is 0 Å². The molecule has 2 atom stereocenters. The van der Waals surface area contributed by atoms with Gasteiger partial charge in [-0.2, -0.15) is 4.99 Å². The molecule has 1 saturated heterocycles. The lowest BCUT2D eigenvalue weighted by Gasteiger charge is -2.28. The number of hydrogen-bond acceptors (Lipinski definition) is 7. The topological polar surface area (TPSA) is 161 Å². The second-order valence-electron chi connectivity index (χ2n) is 10.6. The number of carboxylic acids is 1. The van der Waals surface area contributed by atoms with E-state index in [-0.39, 0.29) is 48.9 Å². The molecule has 1 aliphatic heterocycles. The highest BCUT2D eigenvalue weighted by Crippen LogP contribution is 2.34. The van der Waals surface area contributed by atoms with Gasteiger partial charge in [-0.05, 0) is 65.0 Å². The molecule has 4 N–H and O–H groups in total. The standard InChI is InChI=1S/C29H41N5O6S/c1-18(2)34-19(3)25(28(39)32-17-15-23(35)36)41-29(34)33-27(38)21-13-11-20(12-14-21)26(30)31-16-7-10-24(37)40-22-8-5-4-6-9-22/h11-14,18-19,22,25H,4-10,15-17H2,1-3H3,(H2,30,31)(H,32,39)(H,35,36). The van der Waals surface area contributed by atoms with E-state index < -0.39 is 17.1 Å². The molecular formula is C29H41N5O6S. The van der Waals surface area contributed by atoms with Crippen LogP contribution in [0.25, 0.3) is 0 Å². The summed E-state index contributed by atoms with van der Waals surface area (Å²) in [5, 5.41) is 22.7. The summed E-state index contributed by atoms with van der Waals surface area (Å²) in [6, 6.07) is 6.31. The van der Waals surface area contributed by atoms with Gasteiger partial charge < -0.3 is 25.4 Å². The molecule has 11 nitrogen and oxygen atoms in total. The van der Waals surface area contributed by atoms with E-state index in [1.165, 1.54) is 18.2 Å². The molecule has 0 spiro atoms. The van der Waals surface area contributed by atoms with E-state index in [0.29, 0.717) is 35.7 Å². The molecule has 1 heterocycles. The molecule has 1 saturated carbocycles. The van der Waals surface area contributed by atoms with Gasteiger partial charge in [0, 0.05) is 42.7 Å². The van der Waals surface area contributed by atoms with Crippen LogP contribution in [0.4, 0.5) is 0 Å². The zero-order chi connectivity index (χ0) is 29.9. The number of ether oxygens (including phenoxy) is 1. The number of rotatable bonds is 12. The van der Waals surface area contributed by atoms with E-state index in [1.54, 1.807) is 24.3 Å². The first-order valence-electron chi connectivity index (χ1n) is 14.3. The molecule has 0 aromatic heterocycles. The maximum Gasteiger partial charge on any atom is 0.306 e. The van der Waals surface area contributed by atoms with E-state index >= 15 is 0 Å². The second-order valence-corrected chi connectivity index (χ2v) is 11.8. The van der Waals surface area contributed by atoms with Crippen molar-refractivity contribution in [2.24, 2.45) is 4.99 Å². The Kier molecular flexibility index (Phi) is 12.2. The maximum atomic E-state index is 13.0. The third-order valence-electron chi connectivity index (χ3n) is 7.11. The summed E-state index contributed by atoms with van der Waals surface area (Å²) in [4.78, 5) is 54.7. The zero-order valence-electron chi connectivity index (χ0n) is 24.0. The molecule has 2 unspecified atom stereocenters. The molecule has 2 amide bonds. The van der Waals surface area contributed by atoms with Crippen LogP contribution in [0.1, 0.15) is 88.1 Å². The lowest BCUT2D eigenvalue weighted by Crippen LogP contribution is -2.45. The van der Waals surface area contributed by atoms with Gasteiger partial charge in [-0.3, -0.25) is 24.6 Å². The number of benzene rings is 1. The first-order valence-corrected chi connectivity index (χ1v) is 15.1. The lowest BCUT2D eigenvalue weighted by molar-refractivity contribution is -0.150. The highest BCUT2D eigenvalue weighted by atomic mass is 32.2. The molecule has 0 radical (unpaired) electrons. The number of carbonyl (C=O) groups excluding carboxylic acids is 3. The Bertz CT molecular complexity index is 1130. The zero-order valence-corrected chi connectivity index (χ0v) is 24.8. The minimum atomic E-state index is -0.988. The lowest BCUT2D eigenvalue weighted by atomic mass is 9.98. The van der Waals surface area contributed by atoms with Crippen LogP contribution in [0, 0.1) is 5.41 Å². The summed E-state index contributed by atoms with van der Waals surface area (Å²) >= 11 is 1.19. The number of carbonyl (C=O) groups is 4. The first kappa shape index (κ1) is 32.1. The fraction of sp³-hybridized carbons (Fsp3) is 0.586. The number of nitrogens with one attached hydrogen (secondary N) is 3. The molecule has 0 bridgehead atoms. The Hall–Kier alpha value is -3.41. The van der Waals surface area contributed by atoms with E-state index in [9.17, 15) is 19.2 Å². The Morgan fingerprint density at radius 1 is 1.05 bits per heavy atom. The smallest absolute Gasteiger partial charge is 0.306 e. The molecule has 2 fully saturated rings. The number of aliphatic carboxylic acids is 1. The Labute approximate surface area is 245 Å². The van der Waals surface area contributed by atoms with Crippen molar-refractivity contribution in [1.29, 1.82) is 5.41 Å². The number of amidine groups is 2. The van der Waals surface area contributed by atoms with Crippen molar-refractivity contribution >= 4 is 46.5 Å². The Balaban J connectivity index is 1.51. The molecule has 1 aromatic rings. The number of carboxylic acid groups (broad SMARTS) is 1. The van der Waals surface area contributed by atoms with E-state index in [2.05, 4.69) is 15.6 Å². The van der Waals surface area contributed by atoms with Crippen molar-refractivity contribution < 1.29 is 29.0 Å². The van der Waals surface area contributed by atoms with Crippen LogP contribution < -0.4 is 10.6 Å². The average Bonchev–Trinajstić information content (AvgIpc) is 3.27. The number of hydrogen-bond donors (Lipinski definition) is 4. The average molecular weight is 588 g/mol. The largest absolute Gasteiger partial charge is 0.481 e. The van der Waals surface area contributed by atoms with Gasteiger partial charge in [-0.25, -0.2) is 0 Å². The second kappa shape index (κ2) is 15.6.